The van der Waals surface area contributed by atoms with Crippen LogP contribution in [0.15, 0.2) is 67.3 Å². The molecule has 3 amide bonds. The highest BCUT2D eigenvalue weighted by molar-refractivity contribution is 5.95. The number of hydrogen-bond donors (Lipinski definition) is 9. The molecule has 236 valence electrons. The standard InChI is InChI=1S/C30H33N7O8/c31-21(11-18-14-32-15-34-18)27(41)35-24(10-17-13-33-22-4-2-1-3-20(17)22)29(43)36-23(9-16-5-7-19(38)8-6-16)28(42)37-25(30(44)45)12-26(39)40/h1-8,13-15,21,23-25,33,38H,9-12,31H2,(H,32,34)(H,35,41)(H,36,43)(H,37,42)(H,39,40)(H,44,45). The van der Waals surface area contributed by atoms with Crippen LogP contribution in [0.4, 0.5) is 0 Å². The lowest BCUT2D eigenvalue weighted by Crippen LogP contribution is -2.58. The molecule has 10 N–H and O–H groups in total. The number of aromatic amines is 2. The van der Waals surface area contributed by atoms with Gasteiger partial charge in [-0.25, -0.2) is 9.78 Å². The first kappa shape index (κ1) is 32.2. The molecule has 4 rings (SSSR count). The third kappa shape index (κ3) is 8.90. The minimum atomic E-state index is -1.77. The number of hydrogen-bond acceptors (Lipinski definition) is 8. The normalized spacial score (nSPS) is 13.7. The second-order valence-electron chi connectivity index (χ2n) is 10.4. The summed E-state index contributed by atoms with van der Waals surface area (Å²) in [5.74, 6) is -5.43. The van der Waals surface area contributed by atoms with Crippen molar-refractivity contribution < 1.29 is 39.3 Å². The lowest BCUT2D eigenvalue weighted by molar-refractivity contribution is -0.147. The largest absolute Gasteiger partial charge is 0.508 e. The van der Waals surface area contributed by atoms with Crippen molar-refractivity contribution in [2.24, 2.45) is 5.73 Å². The molecule has 15 nitrogen and oxygen atoms in total. The molecule has 0 saturated heterocycles. The zero-order chi connectivity index (χ0) is 32.5. The summed E-state index contributed by atoms with van der Waals surface area (Å²) >= 11 is 0. The molecule has 2 aromatic heterocycles. The zero-order valence-electron chi connectivity index (χ0n) is 23.9. The number of rotatable bonds is 15. The van der Waals surface area contributed by atoms with Crippen molar-refractivity contribution in [2.75, 3.05) is 0 Å². The van der Waals surface area contributed by atoms with Gasteiger partial charge in [-0.3, -0.25) is 19.2 Å². The van der Waals surface area contributed by atoms with Gasteiger partial charge in [0.1, 0.15) is 23.9 Å². The van der Waals surface area contributed by atoms with Crippen LogP contribution in [-0.2, 0) is 43.2 Å². The van der Waals surface area contributed by atoms with E-state index in [9.17, 15) is 34.2 Å². The maximum absolute atomic E-state index is 13.8. The van der Waals surface area contributed by atoms with Crippen molar-refractivity contribution in [2.45, 2.75) is 49.9 Å². The van der Waals surface area contributed by atoms with E-state index < -0.39 is 60.2 Å². The van der Waals surface area contributed by atoms with Crippen molar-refractivity contribution in [3.05, 3.63) is 84.1 Å². The van der Waals surface area contributed by atoms with E-state index in [4.69, 9.17) is 10.8 Å². The number of amides is 3. The fraction of sp³-hybridized carbons (Fsp3) is 0.267. The Morgan fingerprint density at radius 1 is 0.800 bits per heavy atom. The van der Waals surface area contributed by atoms with Crippen molar-refractivity contribution in [3.63, 3.8) is 0 Å². The van der Waals surface area contributed by atoms with Gasteiger partial charge in [0, 0.05) is 48.3 Å². The van der Waals surface area contributed by atoms with Gasteiger partial charge in [-0.1, -0.05) is 30.3 Å². The summed E-state index contributed by atoms with van der Waals surface area (Å²) in [6, 6.07) is 7.68. The number of aromatic hydroxyl groups is 1. The summed E-state index contributed by atoms with van der Waals surface area (Å²) in [6.45, 7) is 0. The van der Waals surface area contributed by atoms with Crippen LogP contribution >= 0.6 is 0 Å². The molecule has 0 fully saturated rings. The zero-order valence-corrected chi connectivity index (χ0v) is 23.9. The summed E-state index contributed by atoms with van der Waals surface area (Å²) in [6.07, 6.45) is 3.73. The highest BCUT2D eigenvalue weighted by atomic mass is 16.4. The highest BCUT2D eigenvalue weighted by Gasteiger charge is 2.32. The molecular formula is C30H33N7O8. The lowest BCUT2D eigenvalue weighted by atomic mass is 10.0. The van der Waals surface area contributed by atoms with Gasteiger partial charge in [0.2, 0.25) is 17.7 Å². The first-order valence-electron chi connectivity index (χ1n) is 13.9. The molecule has 0 aliphatic heterocycles. The smallest absolute Gasteiger partial charge is 0.326 e. The summed E-state index contributed by atoms with van der Waals surface area (Å²) in [5.41, 5.74) is 8.72. The maximum Gasteiger partial charge on any atom is 0.326 e. The topological polar surface area (TPSA) is 253 Å². The number of benzene rings is 2. The van der Waals surface area contributed by atoms with E-state index in [1.165, 1.54) is 36.8 Å². The Balaban J connectivity index is 1.60. The number of carbonyl (C=O) groups excluding carboxylic acids is 3. The van der Waals surface area contributed by atoms with Gasteiger partial charge in [-0.2, -0.15) is 0 Å². The average molecular weight is 620 g/mol. The van der Waals surface area contributed by atoms with E-state index in [1.54, 1.807) is 6.20 Å². The van der Waals surface area contributed by atoms with E-state index in [-0.39, 0.29) is 25.0 Å². The van der Waals surface area contributed by atoms with Crippen LogP contribution in [0, 0.1) is 0 Å². The van der Waals surface area contributed by atoms with Crippen LogP contribution in [0.3, 0.4) is 0 Å². The monoisotopic (exact) mass is 619 g/mol. The Morgan fingerprint density at radius 2 is 1.44 bits per heavy atom. The molecule has 2 heterocycles. The molecule has 4 unspecified atom stereocenters. The number of para-hydroxylation sites is 1. The Labute approximate surface area is 256 Å². The highest BCUT2D eigenvalue weighted by Crippen LogP contribution is 2.20. The quantitative estimate of drug-likeness (QED) is 0.0858. The van der Waals surface area contributed by atoms with Crippen LogP contribution in [0.1, 0.15) is 23.2 Å². The number of aromatic nitrogens is 3. The Kier molecular flexibility index (Phi) is 10.5. The number of carboxylic acid groups (broad SMARTS) is 2. The summed E-state index contributed by atoms with van der Waals surface area (Å²) in [4.78, 5) is 73.0. The van der Waals surface area contributed by atoms with Crippen molar-refractivity contribution in [3.8, 4) is 5.75 Å². The summed E-state index contributed by atoms with van der Waals surface area (Å²) in [7, 11) is 0. The molecule has 0 aliphatic rings. The lowest BCUT2D eigenvalue weighted by Gasteiger charge is -2.25. The molecule has 0 bridgehead atoms. The number of nitrogens with two attached hydrogens (primary N) is 1. The molecule has 0 saturated carbocycles. The van der Waals surface area contributed by atoms with Gasteiger partial charge in [0.05, 0.1) is 18.8 Å². The molecule has 0 radical (unpaired) electrons. The average Bonchev–Trinajstić information content (AvgIpc) is 3.67. The number of phenols is 1. The van der Waals surface area contributed by atoms with Gasteiger partial charge < -0.3 is 47.0 Å². The minimum absolute atomic E-state index is 0.00266. The summed E-state index contributed by atoms with van der Waals surface area (Å²) < 4.78 is 0. The molecule has 2 aromatic carbocycles. The predicted octanol–water partition coefficient (Wildman–Crippen LogP) is -0.0345. The number of nitrogens with one attached hydrogen (secondary N) is 5. The third-order valence-corrected chi connectivity index (χ3v) is 7.07. The molecule has 4 aromatic rings. The maximum atomic E-state index is 13.8. The van der Waals surface area contributed by atoms with Gasteiger partial charge in [0.25, 0.3) is 0 Å². The molecule has 15 heteroatoms. The van der Waals surface area contributed by atoms with Crippen LogP contribution in [0.25, 0.3) is 10.9 Å². The number of phenolic OH excluding ortho intramolecular Hbond substituents is 1. The predicted molar refractivity (Wildman–Crippen MR) is 160 cm³/mol. The number of nitrogens with zero attached hydrogens (tertiary/aromatic N) is 1. The van der Waals surface area contributed by atoms with E-state index in [0.717, 1.165) is 10.9 Å². The van der Waals surface area contributed by atoms with Crippen molar-refractivity contribution in [1.29, 1.82) is 0 Å². The first-order chi connectivity index (χ1) is 21.5. The second kappa shape index (κ2) is 14.7. The van der Waals surface area contributed by atoms with Crippen LogP contribution in [-0.4, -0.2) is 84.1 Å². The van der Waals surface area contributed by atoms with Gasteiger partial charge >= 0.3 is 11.9 Å². The van der Waals surface area contributed by atoms with Gasteiger partial charge in [-0.15, -0.1) is 0 Å². The van der Waals surface area contributed by atoms with Crippen LogP contribution < -0.4 is 21.7 Å². The minimum Gasteiger partial charge on any atom is -0.508 e. The molecule has 0 spiro atoms. The number of carboxylic acids is 2. The van der Waals surface area contributed by atoms with Gasteiger partial charge in [-0.05, 0) is 29.3 Å². The fourth-order valence-corrected chi connectivity index (χ4v) is 4.73. The number of H-pyrrole nitrogens is 2. The number of aliphatic carboxylic acids is 2. The van der Waals surface area contributed by atoms with Crippen LogP contribution in [0.2, 0.25) is 0 Å². The number of carbonyl (C=O) groups is 5. The second-order valence-corrected chi connectivity index (χ2v) is 10.4. The van der Waals surface area contributed by atoms with E-state index in [0.29, 0.717) is 16.8 Å². The van der Waals surface area contributed by atoms with E-state index in [1.807, 2.05) is 24.3 Å². The van der Waals surface area contributed by atoms with Crippen molar-refractivity contribution in [1.82, 2.24) is 30.9 Å². The SMILES string of the molecule is NC(Cc1cnc[nH]1)C(=O)NC(Cc1c[nH]c2ccccc12)C(=O)NC(Cc1ccc(O)cc1)C(=O)NC(CC(=O)O)C(=O)O. The van der Waals surface area contributed by atoms with E-state index in [2.05, 4.69) is 30.9 Å². The Morgan fingerprint density at radius 3 is 2.09 bits per heavy atom. The van der Waals surface area contributed by atoms with Crippen LogP contribution in [0.5, 0.6) is 5.75 Å². The molecule has 4 atom stereocenters. The Hall–Kier alpha value is -5.70. The summed E-state index contributed by atoms with van der Waals surface area (Å²) in [5, 5.41) is 36.5. The molecular weight excluding hydrogens is 586 g/mol. The number of imidazole rings is 1. The van der Waals surface area contributed by atoms with Crippen molar-refractivity contribution >= 4 is 40.6 Å². The number of fused-ring (bicyclic) bond motifs is 1. The van der Waals surface area contributed by atoms with E-state index >= 15 is 0 Å². The first-order valence-corrected chi connectivity index (χ1v) is 13.9. The van der Waals surface area contributed by atoms with Gasteiger partial charge in [0.15, 0.2) is 0 Å². The third-order valence-electron chi connectivity index (χ3n) is 7.07. The fourth-order valence-electron chi connectivity index (χ4n) is 4.73. The molecule has 45 heavy (non-hydrogen) atoms. The Bertz CT molecular complexity index is 1650. The molecule has 0 aliphatic carbocycles.